The first kappa shape index (κ1) is 17.8. The number of carbonyl (C=O) groups is 1. The van der Waals surface area contributed by atoms with E-state index in [2.05, 4.69) is 4.98 Å². The number of hydrogen-bond donors (Lipinski definition) is 1. The summed E-state index contributed by atoms with van der Waals surface area (Å²) in [6, 6.07) is 7.07. The zero-order valence-corrected chi connectivity index (χ0v) is 13.5. The number of benzene rings is 1. The summed E-state index contributed by atoms with van der Waals surface area (Å²) in [4.78, 5) is 15.0. The minimum atomic E-state index is -0.859. The molecule has 1 heterocycles. The van der Waals surface area contributed by atoms with Gasteiger partial charge < -0.3 is 14.3 Å². The van der Waals surface area contributed by atoms with E-state index in [1.165, 1.54) is 0 Å². The first-order valence-corrected chi connectivity index (χ1v) is 7.47. The smallest absolute Gasteiger partial charge is 0.307 e. The van der Waals surface area contributed by atoms with Crippen molar-refractivity contribution < 1.29 is 19.1 Å². The first-order chi connectivity index (χ1) is 10.6. The second-order valence-electron chi connectivity index (χ2n) is 4.46. The molecule has 5 nitrogen and oxygen atoms in total. The lowest BCUT2D eigenvalue weighted by atomic mass is 10.1. The molecule has 0 spiro atoms. The molecule has 2 rings (SSSR count). The molecule has 1 N–H and O–H groups in total. The van der Waals surface area contributed by atoms with Crippen LogP contribution in [0.15, 0.2) is 28.7 Å². The van der Waals surface area contributed by atoms with Gasteiger partial charge in [0.25, 0.3) is 0 Å². The van der Waals surface area contributed by atoms with Gasteiger partial charge in [0.05, 0.1) is 6.42 Å². The molecule has 1 aromatic heterocycles. The van der Waals surface area contributed by atoms with Gasteiger partial charge >= 0.3 is 5.97 Å². The first-order valence-electron chi connectivity index (χ1n) is 7.47. The van der Waals surface area contributed by atoms with E-state index in [0.29, 0.717) is 23.8 Å². The lowest BCUT2D eigenvalue weighted by Gasteiger charge is -2.06. The van der Waals surface area contributed by atoms with E-state index in [9.17, 15) is 4.79 Å². The van der Waals surface area contributed by atoms with Crippen LogP contribution in [0, 0.1) is 6.92 Å². The van der Waals surface area contributed by atoms with E-state index in [1.54, 1.807) is 31.2 Å². The fourth-order valence-corrected chi connectivity index (χ4v) is 1.97. The lowest BCUT2D eigenvalue weighted by molar-refractivity contribution is -0.136. The minimum Gasteiger partial charge on any atom is -0.487 e. The average molecular weight is 305 g/mol. The molecule has 0 saturated heterocycles. The van der Waals surface area contributed by atoms with Crippen LogP contribution in [0.2, 0.25) is 0 Å². The monoisotopic (exact) mass is 305 g/mol. The molecule has 22 heavy (non-hydrogen) atoms. The number of carboxylic acid groups (broad SMARTS) is 1. The van der Waals surface area contributed by atoms with Crippen molar-refractivity contribution in [3.63, 3.8) is 0 Å². The number of carboxylic acids is 1. The number of ether oxygens (including phenoxy) is 1. The fourth-order valence-electron chi connectivity index (χ4n) is 1.97. The maximum absolute atomic E-state index is 10.7. The van der Waals surface area contributed by atoms with Crippen LogP contribution in [-0.4, -0.2) is 16.1 Å². The van der Waals surface area contributed by atoms with Gasteiger partial charge in [-0.1, -0.05) is 32.9 Å². The van der Waals surface area contributed by atoms with Crippen LogP contribution in [0.4, 0.5) is 0 Å². The van der Waals surface area contributed by atoms with Crippen LogP contribution in [-0.2, 0) is 24.2 Å². The topological polar surface area (TPSA) is 72.6 Å². The molecule has 2 aromatic rings. The van der Waals surface area contributed by atoms with Crippen LogP contribution in [0.5, 0.6) is 5.75 Å². The highest BCUT2D eigenvalue weighted by atomic mass is 16.5. The maximum atomic E-state index is 10.7. The molecular weight excluding hydrogens is 282 g/mol. The summed E-state index contributed by atoms with van der Waals surface area (Å²) < 4.78 is 11.1. The number of aliphatic carboxylic acids is 1. The van der Waals surface area contributed by atoms with Crippen molar-refractivity contribution in [2.75, 3.05) is 0 Å². The van der Waals surface area contributed by atoms with Crippen molar-refractivity contribution in [3.8, 4) is 5.75 Å². The highest BCUT2D eigenvalue weighted by molar-refractivity contribution is 5.70. The summed E-state index contributed by atoms with van der Waals surface area (Å²) in [5, 5.41) is 8.77. The maximum Gasteiger partial charge on any atom is 0.307 e. The number of rotatable bonds is 6. The molecule has 0 unspecified atom stereocenters. The molecule has 0 saturated carbocycles. The number of nitrogens with zero attached hydrogens (tertiary/aromatic N) is 1. The van der Waals surface area contributed by atoms with E-state index in [4.69, 9.17) is 14.3 Å². The Morgan fingerprint density at radius 3 is 2.73 bits per heavy atom. The van der Waals surface area contributed by atoms with E-state index in [0.717, 1.165) is 17.9 Å². The SMILES string of the molecule is CC.CCc1oc(C)nc1COc1cccc(CC(=O)O)c1. The molecule has 0 aliphatic carbocycles. The highest BCUT2D eigenvalue weighted by Gasteiger charge is 2.10. The zero-order valence-electron chi connectivity index (χ0n) is 13.5. The van der Waals surface area contributed by atoms with Crippen molar-refractivity contribution in [2.24, 2.45) is 0 Å². The van der Waals surface area contributed by atoms with Crippen molar-refractivity contribution in [1.82, 2.24) is 4.98 Å². The summed E-state index contributed by atoms with van der Waals surface area (Å²) in [7, 11) is 0. The van der Waals surface area contributed by atoms with Crippen LogP contribution in [0.3, 0.4) is 0 Å². The average Bonchev–Trinajstić information content (AvgIpc) is 2.87. The van der Waals surface area contributed by atoms with Gasteiger partial charge in [0, 0.05) is 13.3 Å². The molecule has 0 fully saturated rings. The fraction of sp³-hybridized carbons (Fsp3) is 0.412. The quantitative estimate of drug-likeness (QED) is 0.879. The molecular formula is C17H23NO4. The van der Waals surface area contributed by atoms with Gasteiger partial charge in [0.2, 0.25) is 0 Å². The molecule has 5 heteroatoms. The van der Waals surface area contributed by atoms with E-state index in [-0.39, 0.29) is 6.42 Å². The summed E-state index contributed by atoms with van der Waals surface area (Å²) in [6.07, 6.45) is 0.749. The number of aromatic nitrogens is 1. The Labute approximate surface area is 130 Å². The van der Waals surface area contributed by atoms with Crippen LogP contribution >= 0.6 is 0 Å². The Hall–Kier alpha value is -2.30. The van der Waals surface area contributed by atoms with Crippen molar-refractivity contribution >= 4 is 5.97 Å². The Morgan fingerprint density at radius 2 is 2.09 bits per heavy atom. The molecule has 1 aromatic carbocycles. The zero-order chi connectivity index (χ0) is 16.5. The minimum absolute atomic E-state index is 0.0134. The third kappa shape index (κ3) is 5.24. The van der Waals surface area contributed by atoms with Crippen molar-refractivity contribution in [2.45, 2.75) is 47.1 Å². The Balaban J connectivity index is 0.00000116. The third-order valence-corrected chi connectivity index (χ3v) is 2.84. The molecule has 0 bridgehead atoms. The normalized spacial score (nSPS) is 9.82. The number of hydrogen-bond acceptors (Lipinski definition) is 4. The van der Waals surface area contributed by atoms with Gasteiger partial charge in [-0.2, -0.15) is 0 Å². The predicted octanol–water partition coefficient (Wildman–Crippen LogP) is 3.78. The molecule has 0 aliphatic heterocycles. The Kier molecular flexibility index (Phi) is 7.16. The van der Waals surface area contributed by atoms with Crippen LogP contribution in [0.25, 0.3) is 0 Å². The van der Waals surface area contributed by atoms with E-state index >= 15 is 0 Å². The van der Waals surface area contributed by atoms with Gasteiger partial charge in [-0.3, -0.25) is 4.79 Å². The molecule has 0 aliphatic rings. The lowest BCUT2D eigenvalue weighted by Crippen LogP contribution is -2.02. The van der Waals surface area contributed by atoms with Gasteiger partial charge in [0.15, 0.2) is 5.89 Å². The summed E-state index contributed by atoms with van der Waals surface area (Å²) in [5.74, 6) is 1.22. The highest BCUT2D eigenvalue weighted by Crippen LogP contribution is 2.18. The second kappa shape index (κ2) is 8.87. The summed E-state index contributed by atoms with van der Waals surface area (Å²) in [5.41, 5.74) is 1.50. The standard InChI is InChI=1S/C15H17NO4.C2H6/c1-3-14-13(16-10(2)20-14)9-19-12-6-4-5-11(7-12)8-15(17)18;1-2/h4-7H,3,8-9H2,1-2H3,(H,17,18);1-2H3. The predicted molar refractivity (Wildman–Crippen MR) is 84.1 cm³/mol. The number of aryl methyl sites for hydroxylation is 2. The number of oxazole rings is 1. The molecule has 120 valence electrons. The van der Waals surface area contributed by atoms with Crippen LogP contribution < -0.4 is 4.74 Å². The second-order valence-corrected chi connectivity index (χ2v) is 4.46. The van der Waals surface area contributed by atoms with Gasteiger partial charge in [-0.05, 0) is 17.7 Å². The van der Waals surface area contributed by atoms with Crippen molar-refractivity contribution in [3.05, 3.63) is 47.2 Å². The van der Waals surface area contributed by atoms with Gasteiger partial charge in [0.1, 0.15) is 23.8 Å². The van der Waals surface area contributed by atoms with Gasteiger partial charge in [-0.15, -0.1) is 0 Å². The summed E-state index contributed by atoms with van der Waals surface area (Å²) >= 11 is 0. The molecule has 0 radical (unpaired) electrons. The van der Waals surface area contributed by atoms with Crippen LogP contribution in [0.1, 0.15) is 43.7 Å². The van der Waals surface area contributed by atoms with Gasteiger partial charge in [-0.25, -0.2) is 4.98 Å². The molecule has 0 atom stereocenters. The largest absolute Gasteiger partial charge is 0.487 e. The summed E-state index contributed by atoms with van der Waals surface area (Å²) in [6.45, 7) is 8.12. The van der Waals surface area contributed by atoms with E-state index in [1.807, 2.05) is 20.8 Å². The molecule has 0 amide bonds. The van der Waals surface area contributed by atoms with Crippen molar-refractivity contribution in [1.29, 1.82) is 0 Å². The van der Waals surface area contributed by atoms with E-state index < -0.39 is 5.97 Å². The third-order valence-electron chi connectivity index (χ3n) is 2.84. The Morgan fingerprint density at radius 1 is 1.36 bits per heavy atom. The Bertz CT molecular complexity index is 604.